The smallest absolute Gasteiger partial charge is 0.270 e. The van der Waals surface area contributed by atoms with Crippen LogP contribution in [0.25, 0.3) is 10.9 Å². The van der Waals surface area contributed by atoms with Crippen molar-refractivity contribution < 1.29 is 19.1 Å². The summed E-state index contributed by atoms with van der Waals surface area (Å²) in [5.74, 6) is -0.216. The number of likely N-dealkylation sites (tertiary alicyclic amines) is 1. The summed E-state index contributed by atoms with van der Waals surface area (Å²) in [7, 11) is 1.58. The number of nitrogens with zero attached hydrogens (tertiary/aromatic N) is 2. The van der Waals surface area contributed by atoms with E-state index in [1.165, 1.54) is 0 Å². The van der Waals surface area contributed by atoms with Crippen LogP contribution in [0.4, 0.5) is 0 Å². The summed E-state index contributed by atoms with van der Waals surface area (Å²) >= 11 is 0. The molecule has 2 aliphatic heterocycles. The molecule has 3 N–H and O–H groups in total. The zero-order chi connectivity index (χ0) is 26.0. The molecule has 192 valence electrons. The highest BCUT2D eigenvalue weighted by Gasteiger charge is 2.44. The molecule has 2 fully saturated rings. The monoisotopic (exact) mass is 493 g/mol. The Labute approximate surface area is 211 Å². The van der Waals surface area contributed by atoms with E-state index in [0.29, 0.717) is 37.4 Å². The molecule has 0 bridgehead atoms. The van der Waals surface area contributed by atoms with Gasteiger partial charge >= 0.3 is 0 Å². The van der Waals surface area contributed by atoms with E-state index in [-0.39, 0.29) is 41.4 Å². The van der Waals surface area contributed by atoms with Crippen molar-refractivity contribution in [2.24, 2.45) is 17.3 Å². The first kappa shape index (κ1) is 25.5. The third kappa shape index (κ3) is 5.18. The minimum atomic E-state index is -0.797. The Bertz CT molecular complexity index is 1190. The number of aromatic nitrogens is 1. The van der Waals surface area contributed by atoms with Gasteiger partial charge in [0.05, 0.1) is 13.2 Å². The molecule has 4 rings (SSSR count). The molecule has 36 heavy (non-hydrogen) atoms. The average Bonchev–Trinajstić information content (AvgIpc) is 3.49. The quantitative estimate of drug-likeness (QED) is 0.570. The maximum absolute atomic E-state index is 13.7. The Morgan fingerprint density at radius 1 is 1.33 bits per heavy atom. The summed E-state index contributed by atoms with van der Waals surface area (Å²) in [5.41, 5.74) is 1.06. The molecule has 1 aromatic heterocycles. The first-order valence-electron chi connectivity index (χ1n) is 12.6. The third-order valence-corrected chi connectivity index (χ3v) is 7.56. The number of nitriles is 1. The highest BCUT2D eigenvalue weighted by Crippen LogP contribution is 2.38. The van der Waals surface area contributed by atoms with Gasteiger partial charge < -0.3 is 25.3 Å². The molecular weight excluding hydrogens is 458 g/mol. The minimum Gasteiger partial charge on any atom is -0.496 e. The number of hydrogen-bond acceptors (Lipinski definition) is 5. The van der Waals surface area contributed by atoms with Crippen LogP contribution < -0.4 is 15.4 Å². The summed E-state index contributed by atoms with van der Waals surface area (Å²) in [6, 6.07) is 7.95. The van der Waals surface area contributed by atoms with Crippen molar-refractivity contribution in [3.63, 3.8) is 0 Å². The lowest BCUT2D eigenvalue weighted by Crippen LogP contribution is -2.49. The maximum Gasteiger partial charge on any atom is 0.270 e. The van der Waals surface area contributed by atoms with Crippen molar-refractivity contribution in [1.29, 1.82) is 5.26 Å². The van der Waals surface area contributed by atoms with Crippen LogP contribution in [0.3, 0.4) is 0 Å². The number of H-pyrrole nitrogens is 1. The van der Waals surface area contributed by atoms with E-state index in [9.17, 15) is 19.6 Å². The molecule has 0 saturated carbocycles. The molecule has 0 spiro atoms. The first-order valence-corrected chi connectivity index (χ1v) is 12.6. The Morgan fingerprint density at radius 2 is 2.11 bits per heavy atom. The molecule has 3 amide bonds. The fraction of sp³-hybridized carbons (Fsp3) is 0.556. The number of carbonyl (C=O) groups is 3. The third-order valence-electron chi connectivity index (χ3n) is 7.56. The van der Waals surface area contributed by atoms with Crippen molar-refractivity contribution in [2.75, 3.05) is 20.2 Å². The van der Waals surface area contributed by atoms with E-state index in [1.54, 1.807) is 18.1 Å². The van der Waals surface area contributed by atoms with Gasteiger partial charge in [0, 0.05) is 29.9 Å². The molecule has 3 heterocycles. The van der Waals surface area contributed by atoms with Crippen LogP contribution in [0, 0.1) is 28.6 Å². The fourth-order valence-electron chi connectivity index (χ4n) is 5.27. The van der Waals surface area contributed by atoms with Gasteiger partial charge in [0.2, 0.25) is 11.8 Å². The Hall–Kier alpha value is -3.54. The zero-order valence-corrected chi connectivity index (χ0v) is 21.4. The standard InChI is InChI=1S/C27H35N5O4/c1-27(2,3)17-12-22(25(34)30-18(14-28)11-16-7-6-10-29-24(16)33)32(15-17)26(35)21-13-19-20(31-21)8-5-9-23(19)36-4/h5,8-9,13,16-18,22,31H,6-7,10-12,15H2,1-4H3,(H,29,33)(H,30,34)/t16-,17+,18-,22-/m0/s1. The molecule has 0 radical (unpaired) electrons. The van der Waals surface area contributed by atoms with Crippen LogP contribution in [0.5, 0.6) is 5.75 Å². The lowest BCUT2D eigenvalue weighted by molar-refractivity contribution is -0.128. The predicted octanol–water partition coefficient (Wildman–Crippen LogP) is 2.98. The number of aromatic amines is 1. The van der Waals surface area contributed by atoms with Gasteiger partial charge in [-0.1, -0.05) is 26.8 Å². The SMILES string of the molecule is COc1cccc2[nH]c(C(=O)N3C[C@H](C(C)(C)C)C[C@H]3C(=O)N[C@H](C#N)C[C@@H]3CCCNC3=O)cc12. The van der Waals surface area contributed by atoms with Crippen LogP contribution >= 0.6 is 0 Å². The summed E-state index contributed by atoms with van der Waals surface area (Å²) in [6.07, 6.45) is 2.33. The maximum atomic E-state index is 13.7. The van der Waals surface area contributed by atoms with E-state index in [4.69, 9.17) is 4.74 Å². The number of hydrogen-bond donors (Lipinski definition) is 3. The van der Waals surface area contributed by atoms with Crippen molar-refractivity contribution in [1.82, 2.24) is 20.5 Å². The molecule has 2 aliphatic rings. The van der Waals surface area contributed by atoms with Gasteiger partial charge in [-0.15, -0.1) is 0 Å². The fourth-order valence-corrected chi connectivity index (χ4v) is 5.27. The Kier molecular flexibility index (Phi) is 7.25. The largest absolute Gasteiger partial charge is 0.496 e. The van der Waals surface area contributed by atoms with Crippen LogP contribution in [0.15, 0.2) is 24.3 Å². The number of amides is 3. The molecule has 9 heteroatoms. The lowest BCUT2D eigenvalue weighted by Gasteiger charge is -2.27. The van der Waals surface area contributed by atoms with Gasteiger partial charge in [-0.25, -0.2) is 0 Å². The highest BCUT2D eigenvalue weighted by molar-refractivity contribution is 6.01. The molecule has 2 saturated heterocycles. The average molecular weight is 494 g/mol. The van der Waals surface area contributed by atoms with E-state index in [0.717, 1.165) is 17.3 Å². The van der Waals surface area contributed by atoms with Gasteiger partial charge in [0.1, 0.15) is 23.5 Å². The van der Waals surface area contributed by atoms with E-state index in [2.05, 4.69) is 42.5 Å². The second kappa shape index (κ2) is 10.2. The van der Waals surface area contributed by atoms with Gasteiger partial charge in [-0.3, -0.25) is 14.4 Å². The second-order valence-electron chi connectivity index (χ2n) is 10.9. The number of ether oxygens (including phenoxy) is 1. The van der Waals surface area contributed by atoms with Crippen LogP contribution in [0.1, 0.15) is 56.9 Å². The molecule has 1 aromatic carbocycles. The highest BCUT2D eigenvalue weighted by atomic mass is 16.5. The van der Waals surface area contributed by atoms with Gasteiger partial charge in [-0.2, -0.15) is 5.26 Å². The zero-order valence-electron chi connectivity index (χ0n) is 21.4. The van der Waals surface area contributed by atoms with E-state index >= 15 is 0 Å². The molecular formula is C27H35N5O4. The van der Waals surface area contributed by atoms with Gasteiger partial charge in [0.15, 0.2) is 0 Å². The number of rotatable bonds is 6. The van der Waals surface area contributed by atoms with Gasteiger partial charge in [0.25, 0.3) is 5.91 Å². The molecule has 9 nitrogen and oxygen atoms in total. The lowest BCUT2D eigenvalue weighted by atomic mass is 9.79. The predicted molar refractivity (Wildman–Crippen MR) is 135 cm³/mol. The Balaban J connectivity index is 1.55. The van der Waals surface area contributed by atoms with E-state index in [1.807, 2.05) is 18.2 Å². The van der Waals surface area contributed by atoms with Crippen LogP contribution in [0.2, 0.25) is 0 Å². The van der Waals surface area contributed by atoms with Gasteiger partial charge in [-0.05, 0) is 55.2 Å². The summed E-state index contributed by atoms with van der Waals surface area (Å²) in [5, 5.41) is 16.2. The molecule has 4 atom stereocenters. The normalized spacial score (nSPS) is 23.1. The van der Waals surface area contributed by atoms with Crippen molar-refractivity contribution in [2.45, 2.75) is 58.5 Å². The number of piperidine rings is 1. The van der Waals surface area contributed by atoms with E-state index < -0.39 is 12.1 Å². The Morgan fingerprint density at radius 3 is 2.78 bits per heavy atom. The summed E-state index contributed by atoms with van der Waals surface area (Å²) in [4.78, 5) is 44.1. The number of carbonyl (C=O) groups excluding carboxylic acids is 3. The molecule has 0 aliphatic carbocycles. The first-order chi connectivity index (χ1) is 17.1. The van der Waals surface area contributed by atoms with Crippen molar-refractivity contribution in [3.05, 3.63) is 30.0 Å². The van der Waals surface area contributed by atoms with Crippen molar-refractivity contribution >= 4 is 28.6 Å². The number of methoxy groups -OCH3 is 1. The topological polar surface area (TPSA) is 127 Å². The minimum absolute atomic E-state index is 0.0737. The number of nitrogens with one attached hydrogen (secondary N) is 3. The number of benzene rings is 1. The second-order valence-corrected chi connectivity index (χ2v) is 10.9. The summed E-state index contributed by atoms with van der Waals surface area (Å²) in [6.45, 7) is 7.40. The van der Waals surface area contributed by atoms with Crippen LogP contribution in [-0.2, 0) is 9.59 Å². The molecule has 2 aromatic rings. The van der Waals surface area contributed by atoms with Crippen molar-refractivity contribution in [3.8, 4) is 11.8 Å². The van der Waals surface area contributed by atoms with Crippen LogP contribution in [-0.4, -0.2) is 59.9 Å². The summed E-state index contributed by atoms with van der Waals surface area (Å²) < 4.78 is 5.43. The number of fused-ring (bicyclic) bond motifs is 1. The molecule has 0 unspecified atom stereocenters.